The van der Waals surface area contributed by atoms with E-state index in [1.165, 1.54) is 16.7 Å². The summed E-state index contributed by atoms with van der Waals surface area (Å²) in [6, 6.07) is 8.31. The van der Waals surface area contributed by atoms with Crippen molar-refractivity contribution < 1.29 is 5.21 Å². The van der Waals surface area contributed by atoms with Crippen LogP contribution in [0.2, 0.25) is 0 Å². The molecule has 14 heavy (non-hydrogen) atoms. The molecule has 76 valence electrons. The molecular weight excluding hydrogens is 194 g/mol. The number of thioether (sulfide) groups is 1. The highest BCUT2D eigenvalue weighted by Gasteiger charge is 2.16. The Labute approximate surface area is 89.0 Å². The van der Waals surface area contributed by atoms with Crippen LogP contribution in [0.1, 0.15) is 19.4 Å². The van der Waals surface area contributed by atoms with Crippen LogP contribution in [0.25, 0.3) is 0 Å². The van der Waals surface area contributed by atoms with E-state index < -0.39 is 0 Å². The van der Waals surface area contributed by atoms with E-state index in [0.717, 1.165) is 0 Å². The molecule has 0 aromatic heterocycles. The van der Waals surface area contributed by atoms with Crippen molar-refractivity contribution in [3.8, 4) is 0 Å². The molecule has 0 fully saturated rings. The van der Waals surface area contributed by atoms with Crippen LogP contribution in [0, 0.1) is 6.92 Å². The first-order chi connectivity index (χ1) is 6.53. The number of hydrogen-bond acceptors (Lipinski definition) is 3. The largest absolute Gasteiger partial charge is 0.411 e. The van der Waals surface area contributed by atoms with Gasteiger partial charge in [0.25, 0.3) is 0 Å². The molecule has 1 aromatic rings. The van der Waals surface area contributed by atoms with E-state index in [9.17, 15) is 0 Å². The summed E-state index contributed by atoms with van der Waals surface area (Å²) in [5.41, 5.74) is 1.25. The molecule has 0 saturated carbocycles. The maximum atomic E-state index is 8.48. The quantitative estimate of drug-likeness (QED) is 0.358. The van der Waals surface area contributed by atoms with E-state index in [1.807, 2.05) is 13.8 Å². The Bertz CT molecular complexity index is 317. The Morgan fingerprint density at radius 1 is 1.29 bits per heavy atom. The van der Waals surface area contributed by atoms with Crippen LogP contribution < -0.4 is 0 Å². The molecule has 0 spiro atoms. The van der Waals surface area contributed by atoms with Gasteiger partial charge in [0.15, 0.2) is 0 Å². The predicted octanol–water partition coefficient (Wildman–Crippen LogP) is 3.33. The van der Waals surface area contributed by atoms with Crippen molar-refractivity contribution in [3.05, 3.63) is 29.8 Å². The fraction of sp³-hybridized carbons (Fsp3) is 0.364. The van der Waals surface area contributed by atoms with Crippen molar-refractivity contribution in [2.75, 3.05) is 0 Å². The van der Waals surface area contributed by atoms with Gasteiger partial charge in [0.1, 0.15) is 0 Å². The highest BCUT2D eigenvalue weighted by molar-refractivity contribution is 8.01. The number of nitrogens with zero attached hydrogens (tertiary/aromatic N) is 1. The minimum Gasteiger partial charge on any atom is -0.411 e. The first kappa shape index (κ1) is 11.1. The van der Waals surface area contributed by atoms with E-state index in [-0.39, 0.29) is 4.75 Å². The minimum atomic E-state index is -0.177. The van der Waals surface area contributed by atoms with Gasteiger partial charge in [-0.05, 0) is 32.9 Å². The Morgan fingerprint density at radius 3 is 2.36 bits per heavy atom. The van der Waals surface area contributed by atoms with Crippen LogP contribution in [0.4, 0.5) is 0 Å². The SMILES string of the molecule is Cc1ccc(SC(C)(C)/C=N/O)cc1. The maximum Gasteiger partial charge on any atom is 0.0594 e. The van der Waals surface area contributed by atoms with Crippen LogP contribution in [-0.4, -0.2) is 16.2 Å². The summed E-state index contributed by atoms with van der Waals surface area (Å²) in [5, 5.41) is 11.6. The zero-order valence-corrected chi connectivity index (χ0v) is 9.51. The van der Waals surface area contributed by atoms with Crippen LogP contribution in [0.15, 0.2) is 34.3 Å². The van der Waals surface area contributed by atoms with E-state index >= 15 is 0 Å². The minimum absolute atomic E-state index is 0.177. The monoisotopic (exact) mass is 209 g/mol. The molecule has 0 saturated heterocycles. The molecule has 0 amide bonds. The predicted molar refractivity (Wildman–Crippen MR) is 61.4 cm³/mol. The number of rotatable bonds is 3. The van der Waals surface area contributed by atoms with Crippen molar-refractivity contribution in [2.45, 2.75) is 30.4 Å². The van der Waals surface area contributed by atoms with Gasteiger partial charge in [0.2, 0.25) is 0 Å². The standard InChI is InChI=1S/C11H15NOS/c1-9-4-6-10(7-5-9)14-11(2,3)8-12-13/h4-8,13H,1-3H3/b12-8+. The fourth-order valence-electron chi connectivity index (χ4n) is 1.08. The first-order valence-electron chi connectivity index (χ1n) is 4.48. The third-order valence-corrected chi connectivity index (χ3v) is 2.91. The zero-order chi connectivity index (χ0) is 10.6. The summed E-state index contributed by atoms with van der Waals surface area (Å²) in [5.74, 6) is 0. The van der Waals surface area contributed by atoms with Crippen molar-refractivity contribution in [1.82, 2.24) is 0 Å². The highest BCUT2D eigenvalue weighted by Crippen LogP contribution is 2.30. The molecule has 0 aliphatic rings. The fourth-order valence-corrected chi connectivity index (χ4v) is 2.05. The Kier molecular flexibility index (Phi) is 3.58. The second kappa shape index (κ2) is 4.51. The van der Waals surface area contributed by atoms with Crippen LogP contribution in [0.5, 0.6) is 0 Å². The molecular formula is C11H15NOS. The number of benzene rings is 1. The molecule has 0 bridgehead atoms. The third kappa shape index (κ3) is 3.42. The van der Waals surface area contributed by atoms with E-state index in [0.29, 0.717) is 0 Å². The van der Waals surface area contributed by atoms with Gasteiger partial charge in [0, 0.05) is 4.90 Å². The lowest BCUT2D eigenvalue weighted by Crippen LogP contribution is -2.15. The first-order valence-corrected chi connectivity index (χ1v) is 5.29. The lowest BCUT2D eigenvalue weighted by Gasteiger charge is -2.17. The average Bonchev–Trinajstić information content (AvgIpc) is 2.08. The topological polar surface area (TPSA) is 32.6 Å². The maximum absolute atomic E-state index is 8.48. The normalized spacial score (nSPS) is 12.2. The van der Waals surface area contributed by atoms with E-state index in [4.69, 9.17) is 5.21 Å². The van der Waals surface area contributed by atoms with Gasteiger partial charge in [0.05, 0.1) is 11.0 Å². The van der Waals surface area contributed by atoms with Crippen molar-refractivity contribution in [1.29, 1.82) is 0 Å². The lowest BCUT2D eigenvalue weighted by molar-refractivity contribution is 0.319. The third-order valence-electron chi connectivity index (χ3n) is 1.77. The smallest absolute Gasteiger partial charge is 0.0594 e. The Balaban J connectivity index is 2.73. The molecule has 1 N–H and O–H groups in total. The lowest BCUT2D eigenvalue weighted by atomic mass is 10.2. The molecule has 1 aromatic carbocycles. The van der Waals surface area contributed by atoms with E-state index in [2.05, 4.69) is 36.3 Å². The summed E-state index contributed by atoms with van der Waals surface area (Å²) >= 11 is 1.67. The summed E-state index contributed by atoms with van der Waals surface area (Å²) in [7, 11) is 0. The Hall–Kier alpha value is -0.960. The molecule has 0 atom stereocenters. The summed E-state index contributed by atoms with van der Waals surface area (Å²) in [4.78, 5) is 1.18. The average molecular weight is 209 g/mol. The number of oxime groups is 1. The molecule has 0 radical (unpaired) electrons. The van der Waals surface area contributed by atoms with Crippen molar-refractivity contribution in [2.24, 2.45) is 5.16 Å². The van der Waals surface area contributed by atoms with Crippen molar-refractivity contribution in [3.63, 3.8) is 0 Å². The molecule has 3 heteroatoms. The summed E-state index contributed by atoms with van der Waals surface area (Å²) in [6.45, 7) is 6.09. The van der Waals surface area contributed by atoms with Crippen molar-refractivity contribution >= 4 is 18.0 Å². The van der Waals surface area contributed by atoms with Crippen LogP contribution >= 0.6 is 11.8 Å². The van der Waals surface area contributed by atoms with Gasteiger partial charge < -0.3 is 5.21 Å². The number of hydrogen-bond donors (Lipinski definition) is 1. The molecule has 0 aliphatic heterocycles. The van der Waals surface area contributed by atoms with Gasteiger partial charge in [-0.25, -0.2) is 0 Å². The molecule has 0 heterocycles. The summed E-state index contributed by atoms with van der Waals surface area (Å²) < 4.78 is -0.177. The van der Waals surface area contributed by atoms with Gasteiger partial charge in [-0.2, -0.15) is 0 Å². The second-order valence-electron chi connectivity index (χ2n) is 3.76. The van der Waals surface area contributed by atoms with Gasteiger partial charge in [-0.1, -0.05) is 17.7 Å². The van der Waals surface area contributed by atoms with Gasteiger partial charge in [-0.15, -0.1) is 16.9 Å². The molecule has 1 rings (SSSR count). The molecule has 2 nitrogen and oxygen atoms in total. The molecule has 0 unspecified atom stereocenters. The van der Waals surface area contributed by atoms with Crippen LogP contribution in [-0.2, 0) is 0 Å². The van der Waals surface area contributed by atoms with E-state index in [1.54, 1.807) is 11.8 Å². The Morgan fingerprint density at radius 2 is 1.86 bits per heavy atom. The van der Waals surface area contributed by atoms with Crippen LogP contribution in [0.3, 0.4) is 0 Å². The zero-order valence-electron chi connectivity index (χ0n) is 8.69. The summed E-state index contributed by atoms with van der Waals surface area (Å²) in [6.07, 6.45) is 1.54. The second-order valence-corrected chi connectivity index (χ2v) is 5.49. The van der Waals surface area contributed by atoms with Gasteiger partial charge in [-0.3, -0.25) is 0 Å². The highest BCUT2D eigenvalue weighted by atomic mass is 32.2. The molecule has 0 aliphatic carbocycles. The van der Waals surface area contributed by atoms with Gasteiger partial charge >= 0.3 is 0 Å². The number of aryl methyl sites for hydroxylation is 1.